The number of benzene rings is 2. The van der Waals surface area contributed by atoms with Gasteiger partial charge in [-0.2, -0.15) is 0 Å². The van der Waals surface area contributed by atoms with Gasteiger partial charge in [-0.15, -0.1) is 0 Å². The van der Waals surface area contributed by atoms with E-state index in [1.54, 1.807) is 10.8 Å². The van der Waals surface area contributed by atoms with Crippen LogP contribution >= 0.6 is 0 Å². The normalized spacial score (nSPS) is 12.2. The summed E-state index contributed by atoms with van der Waals surface area (Å²) in [6, 6.07) is 14.2. The van der Waals surface area contributed by atoms with E-state index in [4.69, 9.17) is 4.52 Å². The van der Waals surface area contributed by atoms with E-state index in [0.29, 0.717) is 5.52 Å². The molecule has 0 radical (unpaired) electrons. The second kappa shape index (κ2) is 6.67. The van der Waals surface area contributed by atoms with E-state index >= 15 is 0 Å². The van der Waals surface area contributed by atoms with Crippen LogP contribution in [0.5, 0.6) is 0 Å². The van der Waals surface area contributed by atoms with Gasteiger partial charge in [-0.25, -0.2) is 4.79 Å². The van der Waals surface area contributed by atoms with Crippen molar-refractivity contribution >= 4 is 21.9 Å². The molecule has 6 heteroatoms. The predicted octanol–water partition coefficient (Wildman–Crippen LogP) is 5.44. The minimum atomic E-state index is -0.178. The first-order valence-corrected chi connectivity index (χ1v) is 10.3. The zero-order valence-corrected chi connectivity index (χ0v) is 18.3. The fraction of sp³-hybridized carbons (Fsp3) is 0.240. The molecule has 156 valence electrons. The Morgan fingerprint density at radius 3 is 2.42 bits per heavy atom. The zero-order chi connectivity index (χ0) is 21.9. The predicted molar refractivity (Wildman–Crippen MR) is 123 cm³/mol. The van der Waals surface area contributed by atoms with Gasteiger partial charge in [0, 0.05) is 10.9 Å². The highest BCUT2D eigenvalue weighted by molar-refractivity contribution is 6.04. The molecule has 0 amide bonds. The Balaban J connectivity index is 1.73. The molecule has 0 aliphatic carbocycles. The Bertz CT molecular complexity index is 1480. The van der Waals surface area contributed by atoms with Gasteiger partial charge in [-0.1, -0.05) is 44.1 Å². The van der Waals surface area contributed by atoms with Gasteiger partial charge in [0.25, 0.3) is 0 Å². The van der Waals surface area contributed by atoms with Crippen molar-refractivity contribution in [2.24, 2.45) is 0 Å². The molecule has 3 aromatic heterocycles. The maximum Gasteiger partial charge on any atom is 0.331 e. The van der Waals surface area contributed by atoms with Crippen molar-refractivity contribution in [3.05, 3.63) is 76.2 Å². The highest BCUT2D eigenvalue weighted by Gasteiger charge is 2.17. The second-order valence-electron chi connectivity index (χ2n) is 9.01. The number of aromatic nitrogens is 4. The maximum absolute atomic E-state index is 12.9. The van der Waals surface area contributed by atoms with Crippen molar-refractivity contribution in [1.29, 1.82) is 0 Å². The summed E-state index contributed by atoms with van der Waals surface area (Å²) < 4.78 is 7.05. The number of imidazole rings is 1. The van der Waals surface area contributed by atoms with Crippen molar-refractivity contribution < 1.29 is 4.52 Å². The summed E-state index contributed by atoms with van der Waals surface area (Å²) in [7, 11) is 0. The number of H-pyrrole nitrogens is 1. The van der Waals surface area contributed by atoms with Crippen LogP contribution in [-0.4, -0.2) is 19.7 Å². The highest BCUT2D eigenvalue weighted by atomic mass is 16.5. The molecule has 0 saturated carbocycles. The number of pyridine rings is 1. The summed E-state index contributed by atoms with van der Waals surface area (Å²) in [5, 5.41) is 4.97. The first-order valence-electron chi connectivity index (χ1n) is 10.3. The minimum absolute atomic E-state index is 0.0505. The molecule has 6 nitrogen and oxygen atoms in total. The number of hydrogen-bond donors (Lipinski definition) is 1. The van der Waals surface area contributed by atoms with E-state index in [9.17, 15) is 4.79 Å². The van der Waals surface area contributed by atoms with Gasteiger partial charge in [0.1, 0.15) is 5.76 Å². The molecule has 0 atom stereocenters. The van der Waals surface area contributed by atoms with E-state index in [1.165, 1.54) is 5.56 Å². The summed E-state index contributed by atoms with van der Waals surface area (Å²) in [6.45, 7) is 10.4. The minimum Gasteiger partial charge on any atom is -0.361 e. The number of hydrogen-bond acceptors (Lipinski definition) is 4. The highest BCUT2D eigenvalue weighted by Crippen LogP contribution is 2.32. The standard InChI is InChI=1S/C25H24N4O2/c1-14-22(15(2)31-28-14)16-6-11-19-20(12-16)26-13-21-23(19)29(24(30)27-21)18-9-7-17(8-10-18)25(3,4)5/h6-13H,1-5H3,(H,27,30). The molecule has 1 N–H and O–H groups in total. The van der Waals surface area contributed by atoms with Gasteiger partial charge in [0.15, 0.2) is 0 Å². The third-order valence-corrected chi connectivity index (χ3v) is 5.82. The Morgan fingerprint density at radius 2 is 1.77 bits per heavy atom. The molecule has 0 aliphatic rings. The maximum atomic E-state index is 12.9. The van der Waals surface area contributed by atoms with Crippen molar-refractivity contribution in [1.82, 2.24) is 19.7 Å². The molecular formula is C25H24N4O2. The van der Waals surface area contributed by atoms with Crippen LogP contribution < -0.4 is 5.69 Å². The van der Waals surface area contributed by atoms with E-state index < -0.39 is 0 Å². The van der Waals surface area contributed by atoms with Crippen molar-refractivity contribution in [2.75, 3.05) is 0 Å². The number of fused-ring (bicyclic) bond motifs is 3. The number of aryl methyl sites for hydroxylation is 2. The summed E-state index contributed by atoms with van der Waals surface area (Å²) in [4.78, 5) is 20.4. The first-order chi connectivity index (χ1) is 14.7. The van der Waals surface area contributed by atoms with Gasteiger partial charge < -0.3 is 9.51 Å². The third kappa shape index (κ3) is 3.06. The van der Waals surface area contributed by atoms with Crippen molar-refractivity contribution in [3.63, 3.8) is 0 Å². The van der Waals surface area contributed by atoms with Gasteiger partial charge >= 0.3 is 5.69 Å². The molecule has 0 spiro atoms. The summed E-state index contributed by atoms with van der Waals surface area (Å²) in [6.07, 6.45) is 1.72. The number of nitrogens with zero attached hydrogens (tertiary/aromatic N) is 3. The van der Waals surface area contributed by atoms with Gasteiger partial charge in [-0.3, -0.25) is 9.55 Å². The monoisotopic (exact) mass is 412 g/mol. The van der Waals surface area contributed by atoms with Crippen molar-refractivity contribution in [3.8, 4) is 16.8 Å². The smallest absolute Gasteiger partial charge is 0.331 e. The topological polar surface area (TPSA) is 76.7 Å². The average molecular weight is 412 g/mol. The molecule has 5 aromatic rings. The molecule has 0 saturated heterocycles. The summed E-state index contributed by atoms with van der Waals surface area (Å²) in [5.74, 6) is 0.774. The average Bonchev–Trinajstić information content (AvgIpc) is 3.25. The lowest BCUT2D eigenvalue weighted by Crippen LogP contribution is -2.15. The van der Waals surface area contributed by atoms with Crippen LogP contribution in [0.15, 0.2) is 58.0 Å². The number of rotatable bonds is 2. The van der Waals surface area contributed by atoms with Crippen LogP contribution in [-0.2, 0) is 5.41 Å². The molecule has 31 heavy (non-hydrogen) atoms. The number of aromatic amines is 1. The molecule has 2 aromatic carbocycles. The van der Waals surface area contributed by atoms with Crippen LogP contribution in [0.3, 0.4) is 0 Å². The van der Waals surface area contributed by atoms with Gasteiger partial charge in [0.05, 0.1) is 34.1 Å². The molecule has 0 aliphatic heterocycles. The van der Waals surface area contributed by atoms with E-state index in [1.807, 2.05) is 44.2 Å². The summed E-state index contributed by atoms with van der Waals surface area (Å²) in [5.41, 5.74) is 7.08. The SMILES string of the molecule is Cc1noc(C)c1-c1ccc2c(c1)ncc1[nH]c(=O)n(-c3ccc(C(C)(C)C)cc3)c12. The fourth-order valence-corrected chi connectivity index (χ4v) is 4.19. The van der Waals surface area contributed by atoms with E-state index in [-0.39, 0.29) is 11.1 Å². The van der Waals surface area contributed by atoms with Crippen molar-refractivity contribution in [2.45, 2.75) is 40.0 Å². The van der Waals surface area contributed by atoms with E-state index in [2.05, 4.69) is 48.0 Å². The van der Waals surface area contributed by atoms with Gasteiger partial charge in [-0.05, 0) is 54.7 Å². The lowest BCUT2D eigenvalue weighted by Gasteiger charge is -2.19. The molecule has 0 bridgehead atoms. The Hall–Kier alpha value is -3.67. The van der Waals surface area contributed by atoms with Crippen LogP contribution in [0.1, 0.15) is 37.8 Å². The van der Waals surface area contributed by atoms with E-state index in [0.717, 1.165) is 44.7 Å². The Kier molecular flexibility index (Phi) is 4.15. The zero-order valence-electron chi connectivity index (χ0n) is 18.3. The molecule has 0 fully saturated rings. The van der Waals surface area contributed by atoms with Crippen LogP contribution in [0.25, 0.3) is 38.8 Å². The quantitative estimate of drug-likeness (QED) is 0.419. The Labute approximate surface area is 179 Å². The molecule has 3 heterocycles. The fourth-order valence-electron chi connectivity index (χ4n) is 4.19. The first kappa shape index (κ1) is 19.3. The molecular weight excluding hydrogens is 388 g/mol. The second-order valence-corrected chi connectivity index (χ2v) is 9.01. The van der Waals surface area contributed by atoms with Crippen LogP contribution in [0.4, 0.5) is 0 Å². The molecule has 0 unspecified atom stereocenters. The lowest BCUT2D eigenvalue weighted by molar-refractivity contribution is 0.393. The van der Waals surface area contributed by atoms with Crippen LogP contribution in [0.2, 0.25) is 0 Å². The Morgan fingerprint density at radius 1 is 1.03 bits per heavy atom. The van der Waals surface area contributed by atoms with Gasteiger partial charge in [0.2, 0.25) is 0 Å². The largest absolute Gasteiger partial charge is 0.361 e. The molecule has 5 rings (SSSR count). The summed E-state index contributed by atoms with van der Waals surface area (Å²) >= 11 is 0. The lowest BCUT2D eigenvalue weighted by atomic mass is 9.87. The number of nitrogens with one attached hydrogen (secondary N) is 1. The van der Waals surface area contributed by atoms with Crippen LogP contribution in [0, 0.1) is 13.8 Å². The third-order valence-electron chi connectivity index (χ3n) is 5.82.